The van der Waals surface area contributed by atoms with Crippen LogP contribution in [0.25, 0.3) is 11.1 Å². The van der Waals surface area contributed by atoms with Crippen molar-refractivity contribution in [3.63, 3.8) is 0 Å². The lowest BCUT2D eigenvalue weighted by Gasteiger charge is -2.44. The van der Waals surface area contributed by atoms with Crippen molar-refractivity contribution in [3.8, 4) is 11.1 Å². The summed E-state index contributed by atoms with van der Waals surface area (Å²) in [6.45, 7) is 5.04. The lowest BCUT2D eigenvalue weighted by molar-refractivity contribution is -0.607. The fourth-order valence-electron chi connectivity index (χ4n) is 8.79. The second kappa shape index (κ2) is 16.6. The van der Waals surface area contributed by atoms with Crippen LogP contribution in [-0.2, 0) is 25.9 Å². The van der Waals surface area contributed by atoms with Crippen LogP contribution in [0.3, 0.4) is 0 Å². The Morgan fingerprint density at radius 1 is 0.569 bits per heavy atom. The number of hydrogen-bond acceptors (Lipinski definition) is 4. The van der Waals surface area contributed by atoms with Crippen molar-refractivity contribution in [2.45, 2.75) is 43.2 Å². The zero-order chi connectivity index (χ0) is 40.2. The molecule has 0 bridgehead atoms. The predicted octanol–water partition coefficient (Wildman–Crippen LogP) is 7.66. The molecule has 1 saturated heterocycles. The summed E-state index contributed by atoms with van der Waals surface area (Å²) in [7, 11) is -3.26. The Labute approximate surface area is 343 Å². The van der Waals surface area contributed by atoms with Gasteiger partial charge in [0.15, 0.2) is 28.4 Å². The number of sulfone groups is 1. The van der Waals surface area contributed by atoms with Crippen molar-refractivity contribution >= 4 is 44.0 Å². The van der Waals surface area contributed by atoms with Gasteiger partial charge in [0.1, 0.15) is 18.9 Å². The van der Waals surface area contributed by atoms with E-state index in [1.54, 1.807) is 12.1 Å². The lowest BCUT2D eigenvalue weighted by Crippen LogP contribution is -2.74. The van der Waals surface area contributed by atoms with Crippen LogP contribution >= 0.6 is 0 Å². The zero-order valence-corrected chi connectivity index (χ0v) is 34.0. The molecule has 2 aliphatic heterocycles. The molecule has 2 aliphatic rings. The van der Waals surface area contributed by atoms with Crippen molar-refractivity contribution in [2.24, 2.45) is 0 Å². The number of rotatable bonds is 7. The normalized spacial score (nSPS) is 17.3. The van der Waals surface area contributed by atoms with Gasteiger partial charge in [0.2, 0.25) is 6.04 Å². The fourth-order valence-corrected chi connectivity index (χ4v) is 9.42. The van der Waals surface area contributed by atoms with Gasteiger partial charge >= 0.3 is 0 Å². The number of hydrogen-bond donors (Lipinski definition) is 0. The van der Waals surface area contributed by atoms with Crippen LogP contribution in [0, 0.1) is 0 Å². The molecule has 290 valence electrons. The minimum atomic E-state index is -3.26. The van der Waals surface area contributed by atoms with E-state index in [1.807, 2.05) is 26.0 Å². The number of fused-ring (bicyclic) bond motifs is 3. The molecule has 2 heterocycles. The van der Waals surface area contributed by atoms with E-state index in [0.29, 0.717) is 11.5 Å². The van der Waals surface area contributed by atoms with Gasteiger partial charge in [-0.3, -0.25) is 0 Å². The first-order valence-electron chi connectivity index (χ1n) is 19.9. The van der Waals surface area contributed by atoms with Crippen molar-refractivity contribution < 1.29 is 22.5 Å². The Balaban J connectivity index is 0.000000168. The van der Waals surface area contributed by atoms with Gasteiger partial charge in [0, 0.05) is 17.4 Å². The van der Waals surface area contributed by atoms with Gasteiger partial charge in [-0.1, -0.05) is 176 Å². The third kappa shape index (κ3) is 7.99. The van der Waals surface area contributed by atoms with E-state index < -0.39 is 21.8 Å². The highest BCUT2D eigenvalue weighted by atomic mass is 32.2. The summed E-state index contributed by atoms with van der Waals surface area (Å²) in [5, 5.41) is 0. The van der Waals surface area contributed by atoms with Crippen molar-refractivity contribution in [1.82, 2.24) is 0 Å². The first-order valence-corrected chi connectivity index (χ1v) is 21.8. The standard InChI is InChI=1S/C27H28NO4S.C24H20B/c1-27(2)31-18-25(26(32-27)19-12-14-22(15-13-19)33(3,29)30)28-16-20-8-4-6-10-23(20)24-11-7-5-9-21(24)17-28;1-5-13-21(14-6-1)25(22-15-7-2-8-16-22,23-17-9-3-10-18-23)24-19-11-4-12-20-24/h4-16,25-26H,17-18H2,1-3H3;1-20H/q+1;-1/t25-,26-;/m0./s1. The molecule has 2 atom stereocenters. The van der Waals surface area contributed by atoms with E-state index >= 15 is 0 Å². The average molecular weight is 782 g/mol. The maximum absolute atomic E-state index is 11.9. The summed E-state index contributed by atoms with van der Waals surface area (Å²) in [6.07, 6.45) is 1.92. The summed E-state index contributed by atoms with van der Waals surface area (Å²) in [5.41, 5.74) is 11.1. The van der Waals surface area contributed by atoms with E-state index in [9.17, 15) is 8.42 Å². The highest BCUT2D eigenvalue weighted by Crippen LogP contribution is 2.37. The maximum Gasteiger partial charge on any atom is 0.206 e. The van der Waals surface area contributed by atoms with Gasteiger partial charge in [0.05, 0.1) is 4.90 Å². The van der Waals surface area contributed by atoms with Crippen molar-refractivity contribution in [2.75, 3.05) is 12.9 Å². The SMILES string of the molecule is CC1(C)OC[C@H]([N+]2=Cc3ccccc3-c3ccccc3C2)[C@H](c2ccc(S(C)(=O)=O)cc2)O1.c1ccc([B-](c2ccccc2)(c2ccccc2)c2ccccc2)cc1. The fraction of sp³-hybridized carbons (Fsp3) is 0.157. The van der Waals surface area contributed by atoms with Gasteiger partial charge in [0.25, 0.3) is 0 Å². The summed E-state index contributed by atoms with van der Waals surface area (Å²) in [6, 6.07) is 67.4. The molecule has 9 rings (SSSR count). The highest BCUT2D eigenvalue weighted by molar-refractivity contribution is 7.90. The van der Waals surface area contributed by atoms with Crippen LogP contribution in [-0.4, -0.2) is 50.0 Å². The lowest BCUT2D eigenvalue weighted by atomic mass is 9.13. The van der Waals surface area contributed by atoms with E-state index in [1.165, 1.54) is 44.8 Å². The molecular weight excluding hydrogens is 733 g/mol. The molecule has 0 radical (unpaired) electrons. The Hall–Kier alpha value is -5.86. The summed E-state index contributed by atoms with van der Waals surface area (Å²) in [4.78, 5) is 0.304. The van der Waals surface area contributed by atoms with Crippen LogP contribution < -0.4 is 21.9 Å². The second-order valence-electron chi connectivity index (χ2n) is 15.7. The molecule has 0 aliphatic carbocycles. The Bertz CT molecular complexity index is 2450. The highest BCUT2D eigenvalue weighted by Gasteiger charge is 2.44. The summed E-state index contributed by atoms with van der Waals surface area (Å²) in [5.74, 6) is -0.738. The third-order valence-corrected chi connectivity index (χ3v) is 12.7. The molecule has 7 aromatic carbocycles. The van der Waals surface area contributed by atoms with E-state index in [4.69, 9.17) is 9.47 Å². The molecule has 58 heavy (non-hydrogen) atoms. The molecule has 7 heteroatoms. The molecule has 0 amide bonds. The minimum absolute atomic E-state index is 0.0821. The van der Waals surface area contributed by atoms with Gasteiger partial charge in [-0.25, -0.2) is 13.0 Å². The van der Waals surface area contributed by atoms with Gasteiger partial charge in [-0.15, -0.1) is 0 Å². The van der Waals surface area contributed by atoms with Crippen LogP contribution in [0.5, 0.6) is 0 Å². The van der Waals surface area contributed by atoms with Gasteiger partial charge < -0.3 is 9.47 Å². The van der Waals surface area contributed by atoms with E-state index in [2.05, 4.69) is 181 Å². The van der Waals surface area contributed by atoms with Crippen LogP contribution in [0.2, 0.25) is 0 Å². The molecule has 0 unspecified atom stereocenters. The second-order valence-corrected chi connectivity index (χ2v) is 17.7. The molecule has 7 aromatic rings. The Kier molecular flexibility index (Phi) is 11.1. The monoisotopic (exact) mass is 781 g/mol. The predicted molar refractivity (Wildman–Crippen MR) is 238 cm³/mol. The molecule has 1 fully saturated rings. The summed E-state index contributed by atoms with van der Waals surface area (Å²) >= 11 is 0. The molecule has 0 spiro atoms. The number of ether oxygens (including phenoxy) is 2. The average Bonchev–Trinajstić information content (AvgIpc) is 3.42. The Morgan fingerprint density at radius 3 is 1.52 bits per heavy atom. The van der Waals surface area contributed by atoms with Crippen molar-refractivity contribution in [3.05, 3.63) is 211 Å². The third-order valence-electron chi connectivity index (χ3n) is 11.5. The van der Waals surface area contributed by atoms with Gasteiger partial charge in [-0.05, 0) is 48.7 Å². The molecule has 5 nitrogen and oxygen atoms in total. The van der Waals surface area contributed by atoms with Crippen LogP contribution in [0.1, 0.15) is 36.6 Å². The quantitative estimate of drug-likeness (QED) is 0.123. The topological polar surface area (TPSA) is 55.6 Å². The van der Waals surface area contributed by atoms with Crippen molar-refractivity contribution in [1.29, 1.82) is 0 Å². The van der Waals surface area contributed by atoms with Crippen LogP contribution in [0.15, 0.2) is 199 Å². The maximum atomic E-state index is 11.9. The molecular formula is C51H48BNO4S. The zero-order valence-electron chi connectivity index (χ0n) is 33.2. The first-order chi connectivity index (χ1) is 28.1. The minimum Gasteiger partial charge on any atom is -0.343 e. The molecule has 0 N–H and O–H groups in total. The molecule has 0 aromatic heterocycles. The smallest absolute Gasteiger partial charge is 0.206 e. The van der Waals surface area contributed by atoms with Crippen LogP contribution in [0.4, 0.5) is 0 Å². The first kappa shape index (κ1) is 39.0. The molecule has 0 saturated carbocycles. The number of benzene rings is 7. The van der Waals surface area contributed by atoms with E-state index in [0.717, 1.165) is 17.7 Å². The summed E-state index contributed by atoms with van der Waals surface area (Å²) < 4.78 is 38.7. The Morgan fingerprint density at radius 2 is 1.02 bits per heavy atom. The van der Waals surface area contributed by atoms with Gasteiger partial charge in [-0.2, -0.15) is 21.9 Å². The number of nitrogens with zero attached hydrogens (tertiary/aromatic N) is 1. The van der Waals surface area contributed by atoms with E-state index in [-0.39, 0.29) is 12.1 Å². The largest absolute Gasteiger partial charge is 0.343 e.